The fourth-order valence-corrected chi connectivity index (χ4v) is 2.11. The summed E-state index contributed by atoms with van der Waals surface area (Å²) in [5.74, 6) is 0.428. The van der Waals surface area contributed by atoms with Gasteiger partial charge in [-0.05, 0) is 41.7 Å². The minimum absolute atomic E-state index is 0.0564. The number of pyridine rings is 1. The van der Waals surface area contributed by atoms with Gasteiger partial charge < -0.3 is 10.1 Å². The van der Waals surface area contributed by atoms with Gasteiger partial charge in [0.2, 0.25) is 0 Å². The fraction of sp³-hybridized carbons (Fsp3) is 0.333. The van der Waals surface area contributed by atoms with Crippen molar-refractivity contribution in [1.82, 2.24) is 4.98 Å². The number of amides is 1. The topological polar surface area (TPSA) is 51.2 Å². The first-order chi connectivity index (χ1) is 10.9. The maximum Gasteiger partial charge on any atom is 0.262 e. The predicted octanol–water partition coefficient (Wildman–Crippen LogP) is 4.44. The van der Waals surface area contributed by atoms with E-state index in [2.05, 4.69) is 31.1 Å². The third-order valence-corrected chi connectivity index (χ3v) is 4.12. The van der Waals surface area contributed by atoms with E-state index in [0.717, 1.165) is 6.42 Å². The second kappa shape index (κ2) is 7.47. The van der Waals surface area contributed by atoms with Crippen LogP contribution in [0.3, 0.4) is 0 Å². The van der Waals surface area contributed by atoms with E-state index >= 15 is 0 Å². The monoisotopic (exact) mass is 332 g/mol. The lowest BCUT2D eigenvalue weighted by molar-refractivity contribution is -0.118. The largest absolute Gasteiger partial charge is 0.484 e. The Balaban J connectivity index is 1.88. The van der Waals surface area contributed by atoms with Gasteiger partial charge in [0.15, 0.2) is 6.61 Å². The molecule has 122 valence electrons. The Bertz CT molecular complexity index is 652. The van der Waals surface area contributed by atoms with Crippen LogP contribution >= 0.6 is 11.6 Å². The molecule has 5 heteroatoms. The number of nitrogens with one attached hydrogen (secondary N) is 1. The number of carbonyl (C=O) groups is 1. The van der Waals surface area contributed by atoms with E-state index in [9.17, 15) is 4.79 Å². The maximum absolute atomic E-state index is 11.8. The van der Waals surface area contributed by atoms with Crippen LogP contribution in [0.1, 0.15) is 32.8 Å². The van der Waals surface area contributed by atoms with Gasteiger partial charge in [-0.3, -0.25) is 4.79 Å². The number of halogens is 1. The third-order valence-electron chi connectivity index (χ3n) is 3.90. The van der Waals surface area contributed by atoms with Crippen LogP contribution in [-0.4, -0.2) is 17.5 Å². The van der Waals surface area contributed by atoms with E-state index in [4.69, 9.17) is 16.3 Å². The third kappa shape index (κ3) is 4.96. The fourth-order valence-electron chi connectivity index (χ4n) is 2.00. The van der Waals surface area contributed by atoms with Gasteiger partial charge >= 0.3 is 0 Å². The Morgan fingerprint density at radius 1 is 1.22 bits per heavy atom. The van der Waals surface area contributed by atoms with E-state index in [1.54, 1.807) is 12.1 Å². The minimum Gasteiger partial charge on any atom is -0.484 e. The molecule has 0 aliphatic carbocycles. The smallest absolute Gasteiger partial charge is 0.262 e. The van der Waals surface area contributed by atoms with Crippen molar-refractivity contribution >= 4 is 23.2 Å². The maximum atomic E-state index is 11.8. The quantitative estimate of drug-likeness (QED) is 0.795. The van der Waals surface area contributed by atoms with Gasteiger partial charge in [0, 0.05) is 0 Å². The first-order valence-corrected chi connectivity index (χ1v) is 7.93. The van der Waals surface area contributed by atoms with E-state index < -0.39 is 0 Å². The number of hydrogen-bond donors (Lipinski definition) is 1. The zero-order valence-corrected chi connectivity index (χ0v) is 14.4. The summed E-state index contributed by atoms with van der Waals surface area (Å²) >= 11 is 5.70. The summed E-state index contributed by atoms with van der Waals surface area (Å²) in [6.45, 7) is 6.52. The highest BCUT2D eigenvalue weighted by Gasteiger charge is 2.17. The van der Waals surface area contributed by atoms with E-state index in [-0.39, 0.29) is 17.9 Å². The summed E-state index contributed by atoms with van der Waals surface area (Å²) in [4.78, 5) is 15.7. The number of carbonyl (C=O) groups excluding carboxylic acids is 1. The Kier molecular flexibility index (Phi) is 5.61. The minimum atomic E-state index is -0.243. The molecule has 23 heavy (non-hydrogen) atoms. The van der Waals surface area contributed by atoms with Crippen molar-refractivity contribution < 1.29 is 9.53 Å². The molecule has 0 saturated carbocycles. The van der Waals surface area contributed by atoms with Crippen LogP contribution < -0.4 is 10.1 Å². The molecule has 0 spiro atoms. The molecule has 2 rings (SSSR count). The molecule has 0 aliphatic rings. The van der Waals surface area contributed by atoms with Gasteiger partial charge in [-0.15, -0.1) is 0 Å². The number of anilines is 1. The van der Waals surface area contributed by atoms with Gasteiger partial charge in [0.1, 0.15) is 10.9 Å². The molecule has 0 aliphatic heterocycles. The molecule has 2 aromatic rings. The van der Waals surface area contributed by atoms with E-state index in [0.29, 0.717) is 16.6 Å². The molecule has 0 unspecified atom stereocenters. The lowest BCUT2D eigenvalue weighted by atomic mass is 9.82. The first kappa shape index (κ1) is 17.3. The van der Waals surface area contributed by atoms with Crippen molar-refractivity contribution in [2.75, 3.05) is 11.9 Å². The zero-order valence-electron chi connectivity index (χ0n) is 13.6. The zero-order chi connectivity index (χ0) is 16.9. The molecule has 0 atom stereocenters. The summed E-state index contributed by atoms with van der Waals surface area (Å²) in [6.07, 6.45) is 2.56. The summed E-state index contributed by atoms with van der Waals surface area (Å²) in [5, 5.41) is 3.08. The molecule has 0 saturated heterocycles. The summed E-state index contributed by atoms with van der Waals surface area (Å²) in [6, 6.07) is 11.2. The highest BCUT2D eigenvalue weighted by Crippen LogP contribution is 2.28. The average Bonchev–Trinajstić information content (AvgIpc) is 2.55. The number of aromatic nitrogens is 1. The molecule has 0 radical (unpaired) electrons. The van der Waals surface area contributed by atoms with Crippen LogP contribution in [0, 0.1) is 0 Å². The summed E-state index contributed by atoms with van der Waals surface area (Å²) < 4.78 is 5.51. The van der Waals surface area contributed by atoms with Gasteiger partial charge in [-0.1, -0.05) is 44.5 Å². The average molecular weight is 333 g/mol. The molecule has 1 N–H and O–H groups in total. The Morgan fingerprint density at radius 3 is 2.48 bits per heavy atom. The molecule has 1 heterocycles. The highest BCUT2D eigenvalue weighted by atomic mass is 35.5. The Hall–Kier alpha value is -2.07. The van der Waals surface area contributed by atoms with Crippen molar-refractivity contribution in [3.8, 4) is 5.75 Å². The molecule has 1 amide bonds. The molecular formula is C18H21ClN2O2. The van der Waals surface area contributed by atoms with E-state index in [1.165, 1.54) is 11.8 Å². The van der Waals surface area contributed by atoms with Gasteiger partial charge in [-0.2, -0.15) is 0 Å². The number of benzene rings is 1. The second-order valence-corrected chi connectivity index (χ2v) is 6.36. The van der Waals surface area contributed by atoms with Crippen LogP contribution in [0.25, 0.3) is 0 Å². The van der Waals surface area contributed by atoms with Crippen molar-refractivity contribution in [1.29, 1.82) is 0 Å². The second-order valence-electron chi connectivity index (χ2n) is 5.97. The van der Waals surface area contributed by atoms with Crippen LogP contribution in [0.4, 0.5) is 5.69 Å². The Morgan fingerprint density at radius 2 is 1.91 bits per heavy atom. The molecule has 1 aromatic carbocycles. The van der Waals surface area contributed by atoms with Crippen LogP contribution in [0.5, 0.6) is 5.75 Å². The van der Waals surface area contributed by atoms with Crippen LogP contribution in [0.15, 0.2) is 42.6 Å². The van der Waals surface area contributed by atoms with Crippen molar-refractivity contribution in [3.05, 3.63) is 53.3 Å². The number of hydrogen-bond acceptors (Lipinski definition) is 3. The van der Waals surface area contributed by atoms with Crippen LogP contribution in [-0.2, 0) is 10.2 Å². The molecule has 0 bridgehead atoms. The van der Waals surface area contributed by atoms with E-state index in [1.807, 2.05) is 24.3 Å². The van der Waals surface area contributed by atoms with Crippen molar-refractivity contribution in [2.24, 2.45) is 0 Å². The van der Waals surface area contributed by atoms with Crippen molar-refractivity contribution in [3.63, 3.8) is 0 Å². The Labute approximate surface area is 141 Å². The standard InChI is InChI=1S/C18H21ClN2O2/c1-4-18(2,3)13-5-8-15(9-6-13)23-12-17(22)21-14-7-10-16(19)20-11-14/h5-11H,4,12H2,1-3H3,(H,21,22). The SMILES string of the molecule is CCC(C)(C)c1ccc(OCC(=O)Nc2ccc(Cl)nc2)cc1. The molecular weight excluding hydrogens is 312 g/mol. The van der Waals surface area contributed by atoms with Gasteiger partial charge in [0.05, 0.1) is 11.9 Å². The lowest BCUT2D eigenvalue weighted by Gasteiger charge is -2.23. The molecule has 1 aromatic heterocycles. The summed E-state index contributed by atoms with van der Waals surface area (Å²) in [7, 11) is 0. The number of nitrogens with zero attached hydrogens (tertiary/aromatic N) is 1. The van der Waals surface area contributed by atoms with Crippen molar-refractivity contribution in [2.45, 2.75) is 32.6 Å². The lowest BCUT2D eigenvalue weighted by Crippen LogP contribution is -2.20. The normalized spacial score (nSPS) is 11.1. The van der Waals surface area contributed by atoms with Gasteiger partial charge in [0.25, 0.3) is 5.91 Å². The predicted molar refractivity (Wildman–Crippen MR) is 93.1 cm³/mol. The first-order valence-electron chi connectivity index (χ1n) is 7.55. The highest BCUT2D eigenvalue weighted by molar-refractivity contribution is 6.29. The molecule has 0 fully saturated rings. The summed E-state index contributed by atoms with van der Waals surface area (Å²) in [5.41, 5.74) is 1.98. The van der Waals surface area contributed by atoms with Crippen LogP contribution in [0.2, 0.25) is 5.15 Å². The number of rotatable bonds is 6. The molecule has 4 nitrogen and oxygen atoms in total. The number of ether oxygens (including phenoxy) is 1. The van der Waals surface area contributed by atoms with Gasteiger partial charge in [-0.25, -0.2) is 4.98 Å².